The summed E-state index contributed by atoms with van der Waals surface area (Å²) in [5.74, 6) is -1.17. The van der Waals surface area contributed by atoms with Crippen LogP contribution in [0.15, 0.2) is 72.9 Å². The summed E-state index contributed by atoms with van der Waals surface area (Å²) in [6.07, 6.45) is 38.1. The first-order valence-electron chi connectivity index (χ1n) is 24.7. The maximum absolute atomic E-state index is 12.8. The summed E-state index contributed by atoms with van der Waals surface area (Å²) < 4.78 is 33.5. The Kier molecular flexibility index (Phi) is 37.5. The molecule has 1 aliphatic carbocycles. The topological polar surface area (TPSA) is 210 Å². The number of hydrogen-bond acceptors (Lipinski definition) is 12. The molecular formula is C51H87O13P. The molecule has 1 aliphatic rings. The lowest BCUT2D eigenvalue weighted by atomic mass is 9.85. The largest absolute Gasteiger partial charge is 0.472 e. The van der Waals surface area contributed by atoms with E-state index in [1.165, 1.54) is 70.6 Å². The Labute approximate surface area is 391 Å². The molecule has 13 nitrogen and oxygen atoms in total. The Morgan fingerprint density at radius 1 is 0.477 bits per heavy atom. The monoisotopic (exact) mass is 939 g/mol. The zero-order valence-corrected chi connectivity index (χ0v) is 40.7. The van der Waals surface area contributed by atoms with E-state index in [1.54, 1.807) is 0 Å². The van der Waals surface area contributed by atoms with Gasteiger partial charge in [-0.05, 0) is 83.5 Å². The molecule has 1 saturated carbocycles. The molecule has 8 atom stereocenters. The maximum Gasteiger partial charge on any atom is 0.472 e. The number of aliphatic hydroxyl groups is 5. The Morgan fingerprint density at radius 2 is 0.846 bits per heavy atom. The highest BCUT2D eigenvalue weighted by Gasteiger charge is 2.51. The fourth-order valence-electron chi connectivity index (χ4n) is 7.02. The van der Waals surface area contributed by atoms with Crippen molar-refractivity contribution in [2.45, 2.75) is 224 Å². The zero-order chi connectivity index (χ0) is 47.8. The number of ether oxygens (including phenoxy) is 2. The van der Waals surface area contributed by atoms with E-state index >= 15 is 0 Å². The van der Waals surface area contributed by atoms with Gasteiger partial charge in [-0.2, -0.15) is 0 Å². The fourth-order valence-corrected chi connectivity index (χ4v) is 7.99. The van der Waals surface area contributed by atoms with Crippen LogP contribution in [-0.2, 0) is 32.7 Å². The standard InChI is InChI=1S/C51H87O13P/c1-3-5-7-9-11-13-15-17-19-21-22-24-25-27-29-31-33-35-37-39-44(52)61-41-43(42-62-65(59,60)64-51-49(57)47(55)46(54)48(56)50(51)58)63-45(53)40-38-36-34-32-30-28-26-23-20-18-16-14-12-10-8-6-4-2/h11-14,17-20,26,28,32,34,43,46-51,54-58H,3-10,15-16,21-25,27,29-31,33,35-42H2,1-2H3,(H,59,60)/b13-11-,14-12-,19-17-,20-18-,28-26-,34-32-/t43-,46?,47-,48?,49?,50?,51?/m1/s1. The Morgan fingerprint density at radius 3 is 1.31 bits per heavy atom. The first kappa shape index (κ1) is 60.3. The van der Waals surface area contributed by atoms with Crippen LogP contribution in [0.3, 0.4) is 0 Å². The number of hydrogen-bond donors (Lipinski definition) is 6. The molecule has 0 spiro atoms. The van der Waals surface area contributed by atoms with Gasteiger partial charge in [-0.15, -0.1) is 0 Å². The molecule has 374 valence electrons. The second kappa shape index (κ2) is 40.4. The van der Waals surface area contributed by atoms with E-state index < -0.39 is 75.7 Å². The third-order valence-corrected chi connectivity index (χ3v) is 12.0. The average Bonchev–Trinajstić information content (AvgIpc) is 3.29. The fraction of sp³-hybridized carbons (Fsp3) is 0.725. The van der Waals surface area contributed by atoms with Crippen molar-refractivity contribution in [3.05, 3.63) is 72.9 Å². The molecule has 6 unspecified atom stereocenters. The minimum absolute atomic E-state index is 0.0169. The minimum atomic E-state index is -5.14. The van der Waals surface area contributed by atoms with Crippen molar-refractivity contribution < 1.29 is 63.1 Å². The van der Waals surface area contributed by atoms with Crippen molar-refractivity contribution in [2.75, 3.05) is 13.2 Å². The van der Waals surface area contributed by atoms with Gasteiger partial charge in [0.2, 0.25) is 0 Å². The van der Waals surface area contributed by atoms with Crippen LogP contribution in [-0.4, -0.2) is 98.3 Å². The first-order valence-corrected chi connectivity index (χ1v) is 26.2. The summed E-state index contributed by atoms with van der Waals surface area (Å²) >= 11 is 0. The van der Waals surface area contributed by atoms with Crippen LogP contribution in [0.4, 0.5) is 0 Å². The van der Waals surface area contributed by atoms with Crippen LogP contribution >= 0.6 is 7.82 Å². The molecule has 1 fully saturated rings. The predicted molar refractivity (Wildman–Crippen MR) is 258 cm³/mol. The van der Waals surface area contributed by atoms with Crippen LogP contribution < -0.4 is 0 Å². The number of carbonyl (C=O) groups excluding carboxylic acids is 2. The summed E-state index contributed by atoms with van der Waals surface area (Å²) in [6, 6.07) is 0. The number of esters is 2. The summed E-state index contributed by atoms with van der Waals surface area (Å²) in [6.45, 7) is 3.20. The first-order chi connectivity index (χ1) is 31.4. The number of carbonyl (C=O) groups is 2. The van der Waals surface area contributed by atoms with Crippen LogP contribution in [0.2, 0.25) is 0 Å². The number of aliphatic hydroxyl groups excluding tert-OH is 5. The minimum Gasteiger partial charge on any atom is -0.462 e. The molecule has 1 rings (SSSR count). The molecule has 0 heterocycles. The van der Waals surface area contributed by atoms with Gasteiger partial charge in [0, 0.05) is 12.8 Å². The predicted octanol–water partition coefficient (Wildman–Crippen LogP) is 10.3. The molecule has 0 aromatic rings. The second-order valence-electron chi connectivity index (χ2n) is 17.0. The van der Waals surface area contributed by atoms with E-state index in [0.717, 1.165) is 64.2 Å². The van der Waals surface area contributed by atoms with Gasteiger partial charge in [-0.1, -0.05) is 157 Å². The van der Waals surface area contributed by atoms with E-state index in [2.05, 4.69) is 74.6 Å². The third kappa shape index (κ3) is 32.6. The van der Waals surface area contributed by atoms with Crippen LogP contribution in [0.25, 0.3) is 0 Å². The SMILES string of the molecule is CCCCC/C=C\C/C=C\C/C=C\C/C=C\CCCC(=O)O[C@H](COC(=O)CCCCCCCCCCC/C=C\C/C=C\CCCCC)COP(=O)(O)OC1C(O)C(O)C(O)[C@@H](O)C1O. The highest BCUT2D eigenvalue weighted by Crippen LogP contribution is 2.47. The van der Waals surface area contributed by atoms with Gasteiger partial charge in [-0.25, -0.2) is 4.57 Å². The van der Waals surface area contributed by atoms with E-state index in [-0.39, 0.29) is 12.8 Å². The van der Waals surface area contributed by atoms with Crippen molar-refractivity contribution in [1.82, 2.24) is 0 Å². The molecular weight excluding hydrogens is 852 g/mol. The van der Waals surface area contributed by atoms with Gasteiger partial charge in [0.1, 0.15) is 43.2 Å². The smallest absolute Gasteiger partial charge is 0.462 e. The molecule has 65 heavy (non-hydrogen) atoms. The van der Waals surface area contributed by atoms with Crippen molar-refractivity contribution in [2.24, 2.45) is 0 Å². The van der Waals surface area contributed by atoms with Crippen LogP contribution in [0.1, 0.15) is 181 Å². The van der Waals surface area contributed by atoms with Gasteiger partial charge >= 0.3 is 19.8 Å². The highest BCUT2D eigenvalue weighted by molar-refractivity contribution is 7.47. The molecule has 0 saturated heterocycles. The Hall–Kier alpha value is -2.71. The molecule has 6 N–H and O–H groups in total. The lowest BCUT2D eigenvalue weighted by molar-refractivity contribution is -0.220. The van der Waals surface area contributed by atoms with Crippen molar-refractivity contribution in [3.63, 3.8) is 0 Å². The van der Waals surface area contributed by atoms with Crippen LogP contribution in [0, 0.1) is 0 Å². The number of unbranched alkanes of at least 4 members (excludes halogenated alkanes) is 16. The van der Waals surface area contributed by atoms with E-state index in [9.17, 15) is 44.6 Å². The number of phosphoric acid groups is 1. The summed E-state index contributed by atoms with van der Waals surface area (Å²) in [5, 5.41) is 50.2. The number of phosphoric ester groups is 1. The third-order valence-electron chi connectivity index (χ3n) is 11.0. The van der Waals surface area contributed by atoms with E-state index in [4.69, 9.17) is 18.5 Å². The van der Waals surface area contributed by atoms with E-state index in [0.29, 0.717) is 19.3 Å². The van der Waals surface area contributed by atoms with E-state index in [1.807, 2.05) is 12.2 Å². The summed E-state index contributed by atoms with van der Waals surface area (Å²) in [4.78, 5) is 35.8. The Balaban J connectivity index is 2.47. The molecule has 0 aliphatic heterocycles. The van der Waals surface area contributed by atoms with Crippen molar-refractivity contribution >= 4 is 19.8 Å². The average molecular weight is 939 g/mol. The second-order valence-corrected chi connectivity index (χ2v) is 18.4. The molecule has 0 aromatic carbocycles. The van der Waals surface area contributed by atoms with Crippen molar-refractivity contribution in [3.8, 4) is 0 Å². The lowest BCUT2D eigenvalue weighted by Gasteiger charge is -2.41. The van der Waals surface area contributed by atoms with Gasteiger partial charge in [-0.3, -0.25) is 18.6 Å². The van der Waals surface area contributed by atoms with Gasteiger partial charge in [0.25, 0.3) is 0 Å². The van der Waals surface area contributed by atoms with Gasteiger partial charge in [0.05, 0.1) is 6.61 Å². The highest BCUT2D eigenvalue weighted by atomic mass is 31.2. The number of allylic oxidation sites excluding steroid dienone is 12. The number of rotatable bonds is 40. The summed E-state index contributed by atoms with van der Waals surface area (Å²) in [7, 11) is -5.14. The van der Waals surface area contributed by atoms with Gasteiger partial charge < -0.3 is 39.9 Å². The quantitative estimate of drug-likeness (QED) is 0.0146. The normalized spacial score (nSPS) is 22.0. The molecule has 0 radical (unpaired) electrons. The maximum atomic E-state index is 12.8. The summed E-state index contributed by atoms with van der Waals surface area (Å²) in [5.41, 5.74) is 0. The molecule has 0 bridgehead atoms. The van der Waals surface area contributed by atoms with Crippen molar-refractivity contribution in [1.29, 1.82) is 0 Å². The Bertz CT molecular complexity index is 1410. The molecule has 0 amide bonds. The van der Waals surface area contributed by atoms with Gasteiger partial charge in [0.15, 0.2) is 6.10 Å². The lowest BCUT2D eigenvalue weighted by Crippen LogP contribution is -2.64. The molecule has 0 aromatic heterocycles. The van der Waals surface area contributed by atoms with Crippen LogP contribution in [0.5, 0.6) is 0 Å². The molecule has 14 heteroatoms. The zero-order valence-electron chi connectivity index (χ0n) is 39.8.